The molecule has 0 aromatic carbocycles. The molecule has 0 spiro atoms. The van der Waals surface area contributed by atoms with Crippen LogP contribution in [0.3, 0.4) is 0 Å². The van der Waals surface area contributed by atoms with Gasteiger partial charge in [-0.05, 0) is 18.3 Å². The third kappa shape index (κ3) is 3.01. The van der Waals surface area contributed by atoms with Crippen molar-refractivity contribution in [2.24, 2.45) is 5.41 Å². The number of carboxylic acids is 1. The number of carbonyl (C=O) groups is 1. The number of piperidine rings is 1. The van der Waals surface area contributed by atoms with Crippen LogP contribution in [0.4, 0.5) is 5.95 Å². The van der Waals surface area contributed by atoms with Crippen LogP contribution >= 0.6 is 0 Å². The van der Waals surface area contributed by atoms with Gasteiger partial charge in [0.05, 0.1) is 20.3 Å². The molecule has 2 heterocycles. The molecule has 1 unspecified atom stereocenters. The Labute approximate surface area is 123 Å². The van der Waals surface area contributed by atoms with Gasteiger partial charge in [-0.25, -0.2) is 4.79 Å². The smallest absolute Gasteiger partial charge is 0.326 e. The van der Waals surface area contributed by atoms with Crippen LogP contribution in [-0.4, -0.2) is 47.8 Å². The maximum absolute atomic E-state index is 11.7. The van der Waals surface area contributed by atoms with E-state index in [-0.39, 0.29) is 5.41 Å². The molecule has 0 aliphatic carbocycles. The number of aliphatic carboxylic acids is 1. The van der Waals surface area contributed by atoms with Crippen molar-refractivity contribution >= 4 is 11.9 Å². The first-order chi connectivity index (χ1) is 9.89. The molecular formula is C14H21N3O4. The molecule has 1 atom stereocenters. The lowest BCUT2D eigenvalue weighted by Gasteiger charge is -2.43. The SMILES string of the molecule is COc1cc(OC)nc(N2CCCC(C)(C)C2C(=O)O)n1. The fourth-order valence-electron chi connectivity index (χ4n) is 2.81. The quantitative estimate of drug-likeness (QED) is 0.902. The molecule has 1 N–H and O–H groups in total. The minimum absolute atomic E-state index is 0.325. The van der Waals surface area contributed by atoms with Crippen LogP contribution in [0.15, 0.2) is 6.07 Å². The van der Waals surface area contributed by atoms with Gasteiger partial charge in [0.15, 0.2) is 0 Å². The highest BCUT2D eigenvalue weighted by atomic mass is 16.5. The molecule has 0 radical (unpaired) electrons. The number of aromatic nitrogens is 2. The van der Waals surface area contributed by atoms with Crippen molar-refractivity contribution in [2.45, 2.75) is 32.7 Å². The summed E-state index contributed by atoms with van der Waals surface area (Å²) in [6.07, 6.45) is 1.74. The van der Waals surface area contributed by atoms with Gasteiger partial charge >= 0.3 is 5.97 Å². The third-order valence-electron chi connectivity index (χ3n) is 3.85. The molecule has 1 aromatic rings. The zero-order valence-electron chi connectivity index (χ0n) is 12.8. The molecule has 0 saturated carbocycles. The molecule has 1 aliphatic heterocycles. The molecule has 1 fully saturated rings. The standard InChI is InChI=1S/C14H21N3O4/c1-14(2)6-5-7-17(11(14)12(18)19)13-15-9(20-3)8-10(16-13)21-4/h8,11H,5-7H2,1-4H3,(H,18,19). The summed E-state index contributed by atoms with van der Waals surface area (Å²) in [6.45, 7) is 4.50. The number of hydrogen-bond acceptors (Lipinski definition) is 6. The van der Waals surface area contributed by atoms with Gasteiger partial charge in [-0.3, -0.25) is 0 Å². The zero-order valence-corrected chi connectivity index (χ0v) is 12.8. The summed E-state index contributed by atoms with van der Waals surface area (Å²) in [4.78, 5) is 22.0. The van der Waals surface area contributed by atoms with E-state index in [9.17, 15) is 9.90 Å². The first-order valence-corrected chi connectivity index (χ1v) is 6.85. The van der Waals surface area contributed by atoms with Crippen LogP contribution in [0.5, 0.6) is 11.8 Å². The van der Waals surface area contributed by atoms with E-state index in [4.69, 9.17) is 9.47 Å². The van der Waals surface area contributed by atoms with E-state index >= 15 is 0 Å². The van der Waals surface area contributed by atoms with Crippen molar-refractivity contribution in [1.82, 2.24) is 9.97 Å². The molecule has 1 saturated heterocycles. The highest BCUT2D eigenvalue weighted by Gasteiger charge is 2.43. The Morgan fingerprint density at radius 2 is 1.90 bits per heavy atom. The van der Waals surface area contributed by atoms with Gasteiger partial charge < -0.3 is 19.5 Å². The Morgan fingerprint density at radius 1 is 1.33 bits per heavy atom. The van der Waals surface area contributed by atoms with Crippen molar-refractivity contribution < 1.29 is 19.4 Å². The summed E-state index contributed by atoms with van der Waals surface area (Å²) in [5.41, 5.74) is -0.357. The highest BCUT2D eigenvalue weighted by Crippen LogP contribution is 2.37. The molecule has 0 amide bonds. The first-order valence-electron chi connectivity index (χ1n) is 6.85. The van der Waals surface area contributed by atoms with Crippen molar-refractivity contribution in [3.8, 4) is 11.8 Å². The second-order valence-corrected chi connectivity index (χ2v) is 5.78. The molecular weight excluding hydrogens is 274 g/mol. The second-order valence-electron chi connectivity index (χ2n) is 5.78. The molecule has 7 heteroatoms. The summed E-state index contributed by atoms with van der Waals surface area (Å²) in [6, 6.07) is 0.886. The predicted octanol–water partition coefficient (Wildman–Crippen LogP) is 1.57. The average Bonchev–Trinajstić information content (AvgIpc) is 2.44. The number of ether oxygens (including phenoxy) is 2. The van der Waals surface area contributed by atoms with E-state index in [1.807, 2.05) is 13.8 Å². The maximum Gasteiger partial charge on any atom is 0.326 e. The van der Waals surface area contributed by atoms with Crippen LogP contribution in [0.2, 0.25) is 0 Å². The van der Waals surface area contributed by atoms with Gasteiger partial charge in [-0.2, -0.15) is 9.97 Å². The normalized spacial score (nSPS) is 21.0. The topological polar surface area (TPSA) is 84.8 Å². The van der Waals surface area contributed by atoms with Gasteiger partial charge in [0.1, 0.15) is 6.04 Å². The summed E-state index contributed by atoms with van der Waals surface area (Å²) < 4.78 is 10.3. The summed E-state index contributed by atoms with van der Waals surface area (Å²) in [7, 11) is 3.00. The third-order valence-corrected chi connectivity index (χ3v) is 3.85. The lowest BCUT2D eigenvalue weighted by Crippen LogP contribution is -2.55. The molecule has 7 nitrogen and oxygen atoms in total. The van der Waals surface area contributed by atoms with Crippen LogP contribution in [0.1, 0.15) is 26.7 Å². The predicted molar refractivity (Wildman–Crippen MR) is 76.9 cm³/mol. The summed E-state index contributed by atoms with van der Waals surface area (Å²) in [5.74, 6) is 0.158. The lowest BCUT2D eigenvalue weighted by atomic mass is 9.76. The lowest BCUT2D eigenvalue weighted by molar-refractivity contribution is -0.142. The fraction of sp³-hybridized carbons (Fsp3) is 0.643. The first kappa shape index (κ1) is 15.3. The Morgan fingerprint density at radius 3 is 2.38 bits per heavy atom. The molecule has 1 aliphatic rings. The van der Waals surface area contributed by atoms with Gasteiger partial charge in [0.25, 0.3) is 0 Å². The number of anilines is 1. The van der Waals surface area contributed by atoms with E-state index in [1.54, 1.807) is 11.0 Å². The zero-order chi connectivity index (χ0) is 15.6. The van der Waals surface area contributed by atoms with E-state index in [0.717, 1.165) is 12.8 Å². The van der Waals surface area contributed by atoms with Crippen molar-refractivity contribution in [3.05, 3.63) is 6.07 Å². The fourth-order valence-corrected chi connectivity index (χ4v) is 2.81. The summed E-state index contributed by atoms with van der Waals surface area (Å²) >= 11 is 0. The van der Waals surface area contributed by atoms with Gasteiger partial charge in [0.2, 0.25) is 17.7 Å². The Kier molecular flexibility index (Phi) is 4.20. The van der Waals surface area contributed by atoms with Crippen LogP contribution in [-0.2, 0) is 4.79 Å². The van der Waals surface area contributed by atoms with Crippen molar-refractivity contribution in [1.29, 1.82) is 0 Å². The highest BCUT2D eigenvalue weighted by molar-refractivity contribution is 5.78. The van der Waals surface area contributed by atoms with Crippen LogP contribution in [0.25, 0.3) is 0 Å². The Bertz CT molecular complexity index is 511. The minimum atomic E-state index is -0.870. The summed E-state index contributed by atoms with van der Waals surface area (Å²) in [5, 5.41) is 9.60. The second kappa shape index (κ2) is 5.75. The number of carboxylic acid groups (broad SMARTS) is 1. The van der Waals surface area contributed by atoms with Gasteiger partial charge in [-0.1, -0.05) is 13.8 Å². The molecule has 116 valence electrons. The van der Waals surface area contributed by atoms with E-state index < -0.39 is 12.0 Å². The molecule has 1 aromatic heterocycles. The van der Waals surface area contributed by atoms with E-state index in [1.165, 1.54) is 14.2 Å². The van der Waals surface area contributed by atoms with Gasteiger partial charge in [0, 0.05) is 6.54 Å². The minimum Gasteiger partial charge on any atom is -0.481 e. The van der Waals surface area contributed by atoms with Crippen molar-refractivity contribution in [2.75, 3.05) is 25.7 Å². The number of nitrogens with zero attached hydrogens (tertiary/aromatic N) is 3. The van der Waals surface area contributed by atoms with Gasteiger partial charge in [-0.15, -0.1) is 0 Å². The Hall–Kier alpha value is -2.05. The number of methoxy groups -OCH3 is 2. The van der Waals surface area contributed by atoms with E-state index in [0.29, 0.717) is 24.3 Å². The molecule has 0 bridgehead atoms. The number of hydrogen-bond donors (Lipinski definition) is 1. The number of rotatable bonds is 4. The van der Waals surface area contributed by atoms with Crippen LogP contribution in [0, 0.1) is 5.41 Å². The molecule has 21 heavy (non-hydrogen) atoms. The average molecular weight is 295 g/mol. The Balaban J connectivity index is 2.45. The molecule has 2 rings (SSSR count). The van der Waals surface area contributed by atoms with Crippen molar-refractivity contribution in [3.63, 3.8) is 0 Å². The van der Waals surface area contributed by atoms with Crippen LogP contribution < -0.4 is 14.4 Å². The monoisotopic (exact) mass is 295 g/mol. The maximum atomic E-state index is 11.7. The van der Waals surface area contributed by atoms with E-state index in [2.05, 4.69) is 9.97 Å². The largest absolute Gasteiger partial charge is 0.481 e.